The zero-order valence-corrected chi connectivity index (χ0v) is 12.3. The molecule has 0 radical (unpaired) electrons. The Labute approximate surface area is 133 Å². The molecule has 1 atom stereocenters. The Bertz CT molecular complexity index is 734. The summed E-state index contributed by atoms with van der Waals surface area (Å²) in [5, 5.41) is 12.6. The molecular formula is C15H11F6N3. The molecule has 0 saturated carbocycles. The van der Waals surface area contributed by atoms with Gasteiger partial charge in [-0.2, -0.15) is 36.7 Å². The highest BCUT2D eigenvalue weighted by molar-refractivity contribution is 5.61. The van der Waals surface area contributed by atoms with Crippen LogP contribution in [0.4, 0.5) is 26.3 Å². The third-order valence-electron chi connectivity index (χ3n) is 3.33. The smallest absolute Gasteiger partial charge is 0.268 e. The van der Waals surface area contributed by atoms with Crippen molar-refractivity contribution in [2.75, 3.05) is 0 Å². The first-order chi connectivity index (χ1) is 11.0. The van der Waals surface area contributed by atoms with Crippen molar-refractivity contribution in [1.29, 1.82) is 5.26 Å². The molecule has 2 aromatic rings. The van der Waals surface area contributed by atoms with Crippen molar-refractivity contribution in [1.82, 2.24) is 9.78 Å². The molecule has 1 heterocycles. The predicted octanol–water partition coefficient (Wildman–Crippen LogP) is 5.06. The van der Waals surface area contributed by atoms with Crippen LogP contribution >= 0.6 is 0 Å². The topological polar surface area (TPSA) is 41.6 Å². The molecule has 9 heteroatoms. The Morgan fingerprint density at radius 2 is 1.62 bits per heavy atom. The SMILES string of the molecule is C[C@@H](CC#N)n1ccc(-c2cc(C(F)(F)F)cc(C(F)(F)F)c2)n1. The fourth-order valence-electron chi connectivity index (χ4n) is 2.07. The van der Waals surface area contributed by atoms with Crippen LogP contribution in [0.25, 0.3) is 11.3 Å². The van der Waals surface area contributed by atoms with E-state index in [0.29, 0.717) is 12.1 Å². The van der Waals surface area contributed by atoms with E-state index >= 15 is 0 Å². The monoisotopic (exact) mass is 347 g/mol. The van der Waals surface area contributed by atoms with E-state index in [4.69, 9.17) is 5.26 Å². The molecule has 0 aliphatic heterocycles. The summed E-state index contributed by atoms with van der Waals surface area (Å²) in [6, 6.07) is 4.19. The number of nitriles is 1. The van der Waals surface area contributed by atoms with Crippen LogP contribution in [0.2, 0.25) is 0 Å². The van der Waals surface area contributed by atoms with Gasteiger partial charge in [-0.3, -0.25) is 4.68 Å². The Hall–Kier alpha value is -2.50. The van der Waals surface area contributed by atoms with Gasteiger partial charge >= 0.3 is 12.4 Å². The Morgan fingerprint density at radius 1 is 1.08 bits per heavy atom. The van der Waals surface area contributed by atoms with Gasteiger partial charge in [-0.1, -0.05) is 0 Å². The van der Waals surface area contributed by atoms with Gasteiger partial charge in [0.2, 0.25) is 0 Å². The lowest BCUT2D eigenvalue weighted by molar-refractivity contribution is -0.143. The summed E-state index contributed by atoms with van der Waals surface area (Å²) < 4.78 is 78.5. The number of aromatic nitrogens is 2. The molecule has 0 fully saturated rings. The highest BCUT2D eigenvalue weighted by Gasteiger charge is 2.37. The van der Waals surface area contributed by atoms with Gasteiger partial charge in [0.15, 0.2) is 0 Å². The minimum Gasteiger partial charge on any atom is -0.268 e. The summed E-state index contributed by atoms with van der Waals surface area (Å²) in [5.41, 5.74) is -3.12. The average Bonchev–Trinajstić information content (AvgIpc) is 2.95. The van der Waals surface area contributed by atoms with E-state index in [-0.39, 0.29) is 29.8 Å². The number of hydrogen-bond acceptors (Lipinski definition) is 2. The van der Waals surface area contributed by atoms with E-state index in [9.17, 15) is 26.3 Å². The fourth-order valence-corrected chi connectivity index (χ4v) is 2.07. The van der Waals surface area contributed by atoms with Crippen LogP contribution in [-0.4, -0.2) is 9.78 Å². The quantitative estimate of drug-likeness (QED) is 0.728. The predicted molar refractivity (Wildman–Crippen MR) is 72.6 cm³/mol. The zero-order valence-electron chi connectivity index (χ0n) is 12.3. The van der Waals surface area contributed by atoms with Gasteiger partial charge in [-0.15, -0.1) is 0 Å². The van der Waals surface area contributed by atoms with Crippen LogP contribution in [0, 0.1) is 11.3 Å². The molecule has 1 aromatic carbocycles. The van der Waals surface area contributed by atoms with Gasteiger partial charge in [0.25, 0.3) is 0 Å². The molecule has 0 saturated heterocycles. The summed E-state index contributed by atoms with van der Waals surface area (Å²) in [7, 11) is 0. The molecule has 0 N–H and O–H groups in total. The molecule has 128 valence electrons. The van der Waals surface area contributed by atoms with E-state index in [1.165, 1.54) is 16.9 Å². The Kier molecular flexibility index (Phi) is 4.60. The normalized spacial score (nSPS) is 13.6. The van der Waals surface area contributed by atoms with Crippen molar-refractivity contribution in [3.05, 3.63) is 41.6 Å². The van der Waals surface area contributed by atoms with Crippen molar-refractivity contribution >= 4 is 0 Å². The number of rotatable bonds is 3. The van der Waals surface area contributed by atoms with Crippen LogP contribution in [0.5, 0.6) is 0 Å². The molecule has 0 amide bonds. The molecule has 24 heavy (non-hydrogen) atoms. The molecule has 0 spiro atoms. The van der Waals surface area contributed by atoms with Gasteiger partial charge in [-0.05, 0) is 31.2 Å². The third kappa shape index (κ3) is 3.88. The second-order valence-electron chi connectivity index (χ2n) is 5.19. The summed E-state index contributed by atoms with van der Waals surface area (Å²) in [4.78, 5) is 0. The van der Waals surface area contributed by atoms with E-state index in [2.05, 4.69) is 5.10 Å². The second-order valence-corrected chi connectivity index (χ2v) is 5.19. The molecule has 0 bridgehead atoms. The second kappa shape index (κ2) is 6.19. The van der Waals surface area contributed by atoms with Crippen molar-refractivity contribution in [2.24, 2.45) is 0 Å². The van der Waals surface area contributed by atoms with Crippen molar-refractivity contribution in [2.45, 2.75) is 31.7 Å². The summed E-state index contributed by atoms with van der Waals surface area (Å²) >= 11 is 0. The molecule has 0 aliphatic rings. The lowest BCUT2D eigenvalue weighted by Gasteiger charge is -2.13. The van der Waals surface area contributed by atoms with E-state index < -0.39 is 23.5 Å². The fraction of sp³-hybridized carbons (Fsp3) is 0.333. The molecule has 2 rings (SSSR count). The van der Waals surface area contributed by atoms with Crippen molar-refractivity contribution < 1.29 is 26.3 Å². The molecular weight excluding hydrogens is 336 g/mol. The first-order valence-corrected chi connectivity index (χ1v) is 6.74. The number of alkyl halides is 6. The number of halogens is 6. The third-order valence-corrected chi connectivity index (χ3v) is 3.33. The van der Waals surface area contributed by atoms with Crippen LogP contribution in [-0.2, 0) is 12.4 Å². The van der Waals surface area contributed by atoms with Gasteiger partial charge in [0.1, 0.15) is 0 Å². The maximum Gasteiger partial charge on any atom is 0.416 e. The van der Waals surface area contributed by atoms with Crippen LogP contribution in [0.1, 0.15) is 30.5 Å². The van der Waals surface area contributed by atoms with Gasteiger partial charge in [-0.25, -0.2) is 0 Å². The minimum atomic E-state index is -4.91. The molecule has 3 nitrogen and oxygen atoms in total. The lowest BCUT2D eigenvalue weighted by atomic mass is 10.0. The number of benzene rings is 1. The lowest BCUT2D eigenvalue weighted by Crippen LogP contribution is -2.11. The minimum absolute atomic E-state index is 0.0311. The largest absolute Gasteiger partial charge is 0.416 e. The van der Waals surface area contributed by atoms with Gasteiger partial charge in [0, 0.05) is 11.8 Å². The van der Waals surface area contributed by atoms with Crippen LogP contribution in [0.3, 0.4) is 0 Å². The maximum atomic E-state index is 12.9. The number of hydrogen-bond donors (Lipinski definition) is 0. The van der Waals surface area contributed by atoms with E-state index in [1.807, 2.05) is 6.07 Å². The molecule has 1 aromatic heterocycles. The van der Waals surface area contributed by atoms with Crippen molar-refractivity contribution in [3.63, 3.8) is 0 Å². The Balaban J connectivity index is 2.52. The van der Waals surface area contributed by atoms with Gasteiger partial charge in [0.05, 0.1) is 35.4 Å². The Morgan fingerprint density at radius 3 is 2.08 bits per heavy atom. The highest BCUT2D eigenvalue weighted by Crippen LogP contribution is 2.38. The standard InChI is InChI=1S/C15H11F6N3/c1-9(2-4-22)24-5-3-13(23-24)10-6-11(14(16,17)18)8-12(7-10)15(19,20)21/h3,5-9H,2H2,1H3/t9-/m0/s1. The first-order valence-electron chi connectivity index (χ1n) is 6.74. The van der Waals surface area contributed by atoms with Gasteiger partial charge < -0.3 is 0 Å². The average molecular weight is 347 g/mol. The van der Waals surface area contributed by atoms with Crippen LogP contribution in [0.15, 0.2) is 30.5 Å². The van der Waals surface area contributed by atoms with E-state index in [0.717, 1.165) is 0 Å². The highest BCUT2D eigenvalue weighted by atomic mass is 19.4. The van der Waals surface area contributed by atoms with Crippen LogP contribution < -0.4 is 0 Å². The summed E-state index contributed by atoms with van der Waals surface area (Å²) in [6.07, 6.45) is -8.30. The first kappa shape index (κ1) is 17.8. The molecule has 0 aliphatic carbocycles. The van der Waals surface area contributed by atoms with Crippen molar-refractivity contribution in [3.8, 4) is 17.3 Å². The molecule has 0 unspecified atom stereocenters. The maximum absolute atomic E-state index is 12.9. The summed E-state index contributed by atoms with van der Waals surface area (Å²) in [5.74, 6) is 0. The zero-order chi connectivity index (χ0) is 18.1. The summed E-state index contributed by atoms with van der Waals surface area (Å²) in [6.45, 7) is 1.66. The number of nitrogens with zero attached hydrogens (tertiary/aromatic N) is 3. The van der Waals surface area contributed by atoms with E-state index in [1.54, 1.807) is 6.92 Å².